The van der Waals surface area contributed by atoms with Crippen molar-refractivity contribution in [2.75, 3.05) is 0 Å². The van der Waals surface area contributed by atoms with E-state index in [9.17, 15) is 39.5 Å². The van der Waals surface area contributed by atoms with Crippen LogP contribution in [-0.4, -0.2) is 18.0 Å². The Kier molecular flexibility index (Phi) is 4.41. The average molecular weight is 378 g/mol. The molecule has 0 saturated heterocycles. The lowest BCUT2D eigenvalue weighted by atomic mass is 9.96. The van der Waals surface area contributed by atoms with Gasteiger partial charge in [-0.25, -0.2) is 0 Å². The quantitative estimate of drug-likeness (QED) is 0.545. The highest BCUT2D eigenvalue weighted by Crippen LogP contribution is 2.56. The van der Waals surface area contributed by atoms with E-state index in [4.69, 9.17) is 0 Å². The molecule has 0 atom stereocenters. The Labute approximate surface area is 133 Å². The molecule has 1 heterocycles. The number of benzene rings is 1. The topological polar surface area (TPSA) is 0 Å². The minimum absolute atomic E-state index is 0.329. The van der Waals surface area contributed by atoms with Gasteiger partial charge in [0.15, 0.2) is 0 Å². The molecule has 0 saturated carbocycles. The van der Waals surface area contributed by atoms with E-state index in [0.717, 1.165) is 12.1 Å². The average Bonchev–Trinajstić information content (AvgIpc) is 3.00. The van der Waals surface area contributed by atoms with Crippen LogP contribution in [0.15, 0.2) is 41.8 Å². The van der Waals surface area contributed by atoms with Crippen LogP contribution in [0.5, 0.6) is 0 Å². The molecule has 24 heavy (non-hydrogen) atoms. The van der Waals surface area contributed by atoms with E-state index in [1.165, 1.54) is 11.3 Å². The van der Waals surface area contributed by atoms with E-state index < -0.39 is 29.5 Å². The third kappa shape index (κ3) is 2.76. The highest BCUT2D eigenvalue weighted by Gasteiger charge is 2.81. The number of thiophene rings is 1. The van der Waals surface area contributed by atoms with Crippen LogP contribution >= 0.6 is 11.3 Å². The van der Waals surface area contributed by atoms with Crippen molar-refractivity contribution in [2.24, 2.45) is 0 Å². The monoisotopic (exact) mass is 378 g/mol. The molecule has 0 N–H and O–H groups in total. The fourth-order valence-electron chi connectivity index (χ4n) is 1.84. The normalized spacial score (nSPS) is 14.0. The molecule has 0 spiro atoms. The fourth-order valence-corrected chi connectivity index (χ4v) is 2.58. The Hall–Kier alpha value is -1.71. The molecule has 0 aliphatic carbocycles. The van der Waals surface area contributed by atoms with Gasteiger partial charge in [-0.2, -0.15) is 39.5 Å². The van der Waals surface area contributed by atoms with Crippen molar-refractivity contribution in [2.45, 2.75) is 23.9 Å². The third-order valence-corrected chi connectivity index (χ3v) is 4.12. The lowest BCUT2D eigenvalue weighted by Gasteiger charge is -2.33. The summed E-state index contributed by atoms with van der Waals surface area (Å²) in [5.74, 6) is -19.3. The van der Waals surface area contributed by atoms with Crippen molar-refractivity contribution in [1.29, 1.82) is 0 Å². The molecular weight excluding hydrogens is 371 g/mol. The largest absolute Gasteiger partial charge is 0.460 e. The van der Waals surface area contributed by atoms with Crippen LogP contribution in [0.2, 0.25) is 0 Å². The Morgan fingerprint density at radius 2 is 1.21 bits per heavy atom. The molecule has 132 valence electrons. The van der Waals surface area contributed by atoms with Crippen LogP contribution in [0.4, 0.5) is 39.5 Å². The van der Waals surface area contributed by atoms with Crippen LogP contribution in [0.3, 0.4) is 0 Å². The zero-order valence-corrected chi connectivity index (χ0v) is 12.2. The number of alkyl halides is 9. The summed E-state index contributed by atoms with van der Waals surface area (Å²) >= 11 is 1.20. The van der Waals surface area contributed by atoms with E-state index >= 15 is 0 Å². The molecule has 0 fully saturated rings. The Balaban J connectivity index is 2.42. The number of rotatable bonds is 4. The van der Waals surface area contributed by atoms with Crippen LogP contribution in [0.1, 0.15) is 5.56 Å². The molecule has 1 aromatic heterocycles. The van der Waals surface area contributed by atoms with Gasteiger partial charge in [0, 0.05) is 10.4 Å². The van der Waals surface area contributed by atoms with Crippen molar-refractivity contribution < 1.29 is 39.5 Å². The van der Waals surface area contributed by atoms with Gasteiger partial charge in [0.2, 0.25) is 0 Å². The van der Waals surface area contributed by atoms with Crippen LogP contribution in [0.25, 0.3) is 10.4 Å². The van der Waals surface area contributed by atoms with Crippen molar-refractivity contribution in [3.05, 3.63) is 47.3 Å². The first-order chi connectivity index (χ1) is 10.8. The third-order valence-electron chi connectivity index (χ3n) is 3.20. The summed E-state index contributed by atoms with van der Waals surface area (Å²) in [6, 6.07) is 5.89. The van der Waals surface area contributed by atoms with E-state index in [1.54, 1.807) is 17.5 Å². The van der Waals surface area contributed by atoms with Crippen molar-refractivity contribution >= 4 is 11.3 Å². The maximum absolute atomic E-state index is 13.7. The molecular formula is C14H7F9S. The molecule has 0 aliphatic rings. The predicted octanol–water partition coefficient (Wildman–Crippen LogP) is 6.34. The number of hydrogen-bond acceptors (Lipinski definition) is 1. The van der Waals surface area contributed by atoms with Gasteiger partial charge in [0.1, 0.15) is 0 Å². The first kappa shape index (κ1) is 18.6. The lowest BCUT2D eigenvalue weighted by Crippen LogP contribution is -2.59. The molecule has 0 bridgehead atoms. The summed E-state index contributed by atoms with van der Waals surface area (Å²) in [5, 5.41) is 1.65. The fraction of sp³-hybridized carbons (Fsp3) is 0.286. The lowest BCUT2D eigenvalue weighted by molar-refractivity contribution is -0.399. The molecule has 1 aromatic carbocycles. The highest BCUT2D eigenvalue weighted by atomic mass is 32.1. The predicted molar refractivity (Wildman–Crippen MR) is 69.6 cm³/mol. The SMILES string of the molecule is FC(F)(F)C(F)(F)C(F)(F)C(F)(F)c1ccc(-c2cccs2)cc1. The highest BCUT2D eigenvalue weighted by molar-refractivity contribution is 7.13. The first-order valence-electron chi connectivity index (χ1n) is 6.17. The second kappa shape index (κ2) is 5.68. The molecule has 0 unspecified atom stereocenters. The standard InChI is InChI=1S/C14H7F9S/c15-11(16,12(17,18)13(19,20)14(21,22)23)9-5-3-8(4-6-9)10-2-1-7-24-10/h1-7H. The maximum atomic E-state index is 13.7. The van der Waals surface area contributed by atoms with E-state index in [2.05, 4.69) is 0 Å². The van der Waals surface area contributed by atoms with Gasteiger partial charge in [0.25, 0.3) is 0 Å². The van der Waals surface area contributed by atoms with E-state index in [1.807, 2.05) is 0 Å². The minimum atomic E-state index is -6.89. The minimum Gasteiger partial charge on any atom is -0.194 e. The van der Waals surface area contributed by atoms with Gasteiger partial charge in [-0.05, 0) is 17.0 Å². The smallest absolute Gasteiger partial charge is 0.194 e. The molecule has 0 aliphatic heterocycles. The molecule has 0 radical (unpaired) electrons. The van der Waals surface area contributed by atoms with Crippen molar-refractivity contribution in [3.8, 4) is 10.4 Å². The molecule has 0 amide bonds. The van der Waals surface area contributed by atoms with E-state index in [-0.39, 0.29) is 0 Å². The molecule has 0 nitrogen and oxygen atoms in total. The summed E-state index contributed by atoms with van der Waals surface area (Å²) in [6.07, 6.45) is -6.82. The summed E-state index contributed by atoms with van der Waals surface area (Å²) in [5.41, 5.74) is -1.31. The second-order valence-corrected chi connectivity index (χ2v) is 5.72. The summed E-state index contributed by atoms with van der Waals surface area (Å²) < 4.78 is 116. The van der Waals surface area contributed by atoms with E-state index in [0.29, 0.717) is 22.6 Å². The number of hydrogen-bond donors (Lipinski definition) is 0. The molecule has 2 rings (SSSR count). The zero-order valence-electron chi connectivity index (χ0n) is 11.4. The number of halogens is 9. The van der Waals surface area contributed by atoms with Gasteiger partial charge in [0.05, 0.1) is 0 Å². The van der Waals surface area contributed by atoms with Gasteiger partial charge in [-0.1, -0.05) is 30.3 Å². The van der Waals surface area contributed by atoms with Crippen LogP contribution in [0, 0.1) is 0 Å². The summed E-state index contributed by atoms with van der Waals surface area (Å²) in [7, 11) is 0. The van der Waals surface area contributed by atoms with Gasteiger partial charge in [-0.3, -0.25) is 0 Å². The van der Waals surface area contributed by atoms with Gasteiger partial charge < -0.3 is 0 Å². The second-order valence-electron chi connectivity index (χ2n) is 4.78. The van der Waals surface area contributed by atoms with Crippen molar-refractivity contribution in [3.63, 3.8) is 0 Å². The Morgan fingerprint density at radius 3 is 1.62 bits per heavy atom. The Morgan fingerprint density at radius 1 is 0.667 bits per heavy atom. The van der Waals surface area contributed by atoms with Crippen LogP contribution in [-0.2, 0) is 5.92 Å². The zero-order chi connectivity index (χ0) is 18.4. The molecule has 10 heteroatoms. The maximum Gasteiger partial charge on any atom is 0.460 e. The van der Waals surface area contributed by atoms with Crippen LogP contribution < -0.4 is 0 Å². The van der Waals surface area contributed by atoms with Gasteiger partial charge in [-0.15, -0.1) is 11.3 Å². The summed E-state index contributed by atoms with van der Waals surface area (Å²) in [6.45, 7) is 0. The van der Waals surface area contributed by atoms with Crippen molar-refractivity contribution in [1.82, 2.24) is 0 Å². The molecule has 2 aromatic rings. The summed E-state index contributed by atoms with van der Waals surface area (Å²) in [4.78, 5) is 0.581. The van der Waals surface area contributed by atoms with Gasteiger partial charge >= 0.3 is 23.9 Å². The first-order valence-corrected chi connectivity index (χ1v) is 7.05. The Bertz CT molecular complexity index is 684.